The quantitative estimate of drug-likeness (QED) is 0.823. The van der Waals surface area contributed by atoms with Crippen LogP contribution < -0.4 is 4.74 Å². The molecular weight excluding hydrogens is 238 g/mol. The zero-order valence-corrected chi connectivity index (χ0v) is 10.6. The lowest BCUT2D eigenvalue weighted by molar-refractivity contribution is 0.305. The van der Waals surface area contributed by atoms with E-state index in [0.717, 1.165) is 23.8 Å². The molecule has 0 N–H and O–H groups in total. The molecule has 0 amide bonds. The van der Waals surface area contributed by atoms with Crippen LogP contribution in [0, 0.1) is 17.2 Å². The van der Waals surface area contributed by atoms with Gasteiger partial charge in [-0.25, -0.2) is 0 Å². The Morgan fingerprint density at radius 2 is 2.32 bits per heavy atom. The molecule has 1 aromatic heterocycles. The summed E-state index contributed by atoms with van der Waals surface area (Å²) >= 11 is 0. The fraction of sp³-hybridized carbons (Fsp3) is 0.333. The smallest absolute Gasteiger partial charge is 0.157 e. The molecule has 4 heteroatoms. The lowest BCUT2D eigenvalue weighted by Crippen LogP contribution is -1.99. The minimum absolute atomic E-state index is 0.463. The summed E-state index contributed by atoms with van der Waals surface area (Å²) in [5.41, 5.74) is 1.65. The highest BCUT2D eigenvalue weighted by atomic mass is 16.5. The fourth-order valence-electron chi connectivity index (χ4n) is 1.98. The Bertz CT molecular complexity index is 608. The second-order valence-corrected chi connectivity index (χ2v) is 4.94. The third-order valence-electron chi connectivity index (χ3n) is 3.21. The molecule has 96 valence electrons. The molecule has 1 fully saturated rings. The average Bonchev–Trinajstić information content (AvgIpc) is 3.14. The molecule has 0 aliphatic heterocycles. The first-order chi connectivity index (χ1) is 9.33. The van der Waals surface area contributed by atoms with E-state index in [2.05, 4.69) is 11.2 Å². The number of aromatic nitrogens is 2. The van der Waals surface area contributed by atoms with E-state index in [9.17, 15) is 0 Å². The van der Waals surface area contributed by atoms with Gasteiger partial charge in [-0.05, 0) is 36.5 Å². The molecule has 0 unspecified atom stereocenters. The summed E-state index contributed by atoms with van der Waals surface area (Å²) in [7, 11) is 0. The highest BCUT2D eigenvalue weighted by molar-refractivity contribution is 5.32. The second-order valence-electron chi connectivity index (χ2n) is 4.94. The van der Waals surface area contributed by atoms with Crippen LogP contribution in [0.1, 0.15) is 24.0 Å². The first kappa shape index (κ1) is 11.8. The number of hydrogen-bond donors (Lipinski definition) is 0. The molecule has 19 heavy (non-hydrogen) atoms. The number of ether oxygens (including phenoxy) is 1. The average molecular weight is 253 g/mol. The Hall–Kier alpha value is -2.28. The van der Waals surface area contributed by atoms with E-state index in [1.807, 2.05) is 29.1 Å². The molecule has 0 radical (unpaired) electrons. The van der Waals surface area contributed by atoms with Crippen molar-refractivity contribution < 1.29 is 4.74 Å². The van der Waals surface area contributed by atoms with Crippen molar-refractivity contribution in [3.05, 3.63) is 47.8 Å². The topological polar surface area (TPSA) is 50.8 Å². The maximum absolute atomic E-state index is 8.84. The first-order valence-electron chi connectivity index (χ1n) is 6.48. The lowest BCUT2D eigenvalue weighted by atomic mass is 10.1. The van der Waals surface area contributed by atoms with Crippen molar-refractivity contribution in [1.82, 2.24) is 9.78 Å². The van der Waals surface area contributed by atoms with Crippen LogP contribution in [0.3, 0.4) is 0 Å². The Morgan fingerprint density at radius 3 is 3.11 bits per heavy atom. The minimum Gasteiger partial charge on any atom is -0.486 e. The van der Waals surface area contributed by atoms with Crippen LogP contribution in [0.2, 0.25) is 0 Å². The molecule has 0 saturated heterocycles. The number of nitriles is 1. The zero-order valence-electron chi connectivity index (χ0n) is 10.6. The highest BCUT2D eigenvalue weighted by Gasteiger charge is 2.21. The van der Waals surface area contributed by atoms with E-state index in [0.29, 0.717) is 12.2 Å². The van der Waals surface area contributed by atoms with Crippen molar-refractivity contribution in [2.45, 2.75) is 26.0 Å². The maximum atomic E-state index is 8.84. The van der Waals surface area contributed by atoms with Crippen molar-refractivity contribution in [2.24, 2.45) is 5.92 Å². The molecule has 0 bridgehead atoms. The molecule has 1 aliphatic carbocycles. The van der Waals surface area contributed by atoms with Gasteiger partial charge in [0.2, 0.25) is 0 Å². The standard InChI is InChI=1S/C15H15N3O/c16-7-13-2-1-3-14(6-13)11-19-15-8-17-18(10-15)9-12-4-5-12/h1-3,6,8,10,12H,4-5,9,11H2. The van der Waals surface area contributed by atoms with Gasteiger partial charge >= 0.3 is 0 Å². The maximum Gasteiger partial charge on any atom is 0.157 e. The van der Waals surface area contributed by atoms with Crippen LogP contribution in [-0.2, 0) is 13.2 Å². The van der Waals surface area contributed by atoms with Crippen LogP contribution in [-0.4, -0.2) is 9.78 Å². The molecule has 1 aliphatic rings. The van der Waals surface area contributed by atoms with Gasteiger partial charge in [0.25, 0.3) is 0 Å². The summed E-state index contributed by atoms with van der Waals surface area (Å²) < 4.78 is 7.62. The number of nitrogens with zero attached hydrogens (tertiary/aromatic N) is 3. The van der Waals surface area contributed by atoms with Crippen molar-refractivity contribution >= 4 is 0 Å². The van der Waals surface area contributed by atoms with Gasteiger partial charge < -0.3 is 4.74 Å². The van der Waals surface area contributed by atoms with E-state index in [-0.39, 0.29) is 0 Å². The van der Waals surface area contributed by atoms with E-state index in [1.54, 1.807) is 12.3 Å². The van der Waals surface area contributed by atoms with Crippen LogP contribution in [0.15, 0.2) is 36.7 Å². The van der Waals surface area contributed by atoms with Crippen LogP contribution >= 0.6 is 0 Å². The van der Waals surface area contributed by atoms with Gasteiger partial charge in [0.05, 0.1) is 24.0 Å². The van der Waals surface area contributed by atoms with Gasteiger partial charge in [0.1, 0.15) is 6.61 Å². The summed E-state index contributed by atoms with van der Waals surface area (Å²) in [6, 6.07) is 9.58. The second kappa shape index (κ2) is 5.15. The Labute approximate surface area is 112 Å². The van der Waals surface area contributed by atoms with Gasteiger partial charge in [0, 0.05) is 6.54 Å². The first-order valence-corrected chi connectivity index (χ1v) is 6.48. The summed E-state index contributed by atoms with van der Waals surface area (Å²) in [4.78, 5) is 0. The fourth-order valence-corrected chi connectivity index (χ4v) is 1.98. The van der Waals surface area contributed by atoms with E-state index in [4.69, 9.17) is 10.00 Å². The summed E-state index contributed by atoms with van der Waals surface area (Å²) in [6.07, 6.45) is 6.32. The highest BCUT2D eigenvalue weighted by Crippen LogP contribution is 2.30. The Balaban J connectivity index is 1.58. The largest absolute Gasteiger partial charge is 0.486 e. The van der Waals surface area contributed by atoms with Gasteiger partial charge in [-0.2, -0.15) is 10.4 Å². The number of benzene rings is 1. The van der Waals surface area contributed by atoms with Gasteiger partial charge in [-0.15, -0.1) is 0 Å². The van der Waals surface area contributed by atoms with Gasteiger partial charge in [0.15, 0.2) is 5.75 Å². The zero-order chi connectivity index (χ0) is 13.1. The van der Waals surface area contributed by atoms with Gasteiger partial charge in [-0.3, -0.25) is 4.68 Å². The van der Waals surface area contributed by atoms with Crippen molar-refractivity contribution in [1.29, 1.82) is 5.26 Å². The van der Waals surface area contributed by atoms with E-state index in [1.165, 1.54) is 12.8 Å². The van der Waals surface area contributed by atoms with Crippen molar-refractivity contribution in [3.8, 4) is 11.8 Å². The molecule has 1 heterocycles. The van der Waals surface area contributed by atoms with Crippen LogP contribution in [0.4, 0.5) is 0 Å². The minimum atomic E-state index is 0.463. The Kier molecular flexibility index (Phi) is 3.20. The summed E-state index contributed by atoms with van der Waals surface area (Å²) in [6.45, 7) is 1.46. The van der Waals surface area contributed by atoms with E-state index >= 15 is 0 Å². The lowest BCUT2D eigenvalue weighted by Gasteiger charge is -2.03. The SMILES string of the molecule is N#Cc1cccc(COc2cnn(CC3CC3)c2)c1. The molecule has 0 atom stereocenters. The van der Waals surface area contributed by atoms with Crippen molar-refractivity contribution in [2.75, 3.05) is 0 Å². The predicted octanol–water partition coefficient (Wildman–Crippen LogP) is 2.74. The molecule has 1 saturated carbocycles. The predicted molar refractivity (Wildman–Crippen MR) is 70.4 cm³/mol. The number of rotatable bonds is 5. The number of hydrogen-bond acceptors (Lipinski definition) is 3. The molecular formula is C15H15N3O. The monoisotopic (exact) mass is 253 g/mol. The van der Waals surface area contributed by atoms with Crippen LogP contribution in [0.5, 0.6) is 5.75 Å². The van der Waals surface area contributed by atoms with Crippen molar-refractivity contribution in [3.63, 3.8) is 0 Å². The molecule has 1 aromatic carbocycles. The van der Waals surface area contributed by atoms with Crippen LogP contribution in [0.25, 0.3) is 0 Å². The third kappa shape index (κ3) is 3.14. The van der Waals surface area contributed by atoms with E-state index < -0.39 is 0 Å². The molecule has 0 spiro atoms. The van der Waals surface area contributed by atoms with Gasteiger partial charge in [-0.1, -0.05) is 12.1 Å². The molecule has 2 aromatic rings. The summed E-state index contributed by atoms with van der Waals surface area (Å²) in [5, 5.41) is 13.1. The Morgan fingerprint density at radius 1 is 1.42 bits per heavy atom. The third-order valence-corrected chi connectivity index (χ3v) is 3.21. The normalized spacial score (nSPS) is 14.1. The molecule has 4 nitrogen and oxygen atoms in total. The summed E-state index contributed by atoms with van der Waals surface area (Å²) in [5.74, 6) is 1.59. The molecule has 3 rings (SSSR count).